The van der Waals surface area contributed by atoms with E-state index < -0.39 is 26.5 Å². The number of hydrogen-bond donors (Lipinski definition) is 0. The standard InChI is InChI=1S/C33H51S3Si.3CH3.Sn/c1-7-10-13-16-19-26-22-23-34-31(26)29-24-27(20-17-14-11-8-2)32(35-29)30-25-28(21-18-15-12-9-3)33(36-30)37(4,5)6;;;;/h22,24-25H,7-21H2,1-6H3;3*1H3;. The number of hydrogen-bond acceptors (Lipinski definition) is 3. The Morgan fingerprint density at radius 2 is 0.976 bits per heavy atom. The maximum atomic E-state index is 2.66. The third-order valence-corrected chi connectivity index (χ3v) is 25.2. The van der Waals surface area contributed by atoms with Crippen LogP contribution < -0.4 is 7.39 Å². The summed E-state index contributed by atoms with van der Waals surface area (Å²) in [6.45, 7) is 14.6. The van der Waals surface area contributed by atoms with Crippen molar-refractivity contribution in [3.8, 4) is 19.5 Å². The first-order valence-corrected chi connectivity index (χ1v) is 32.8. The molecule has 3 aromatic rings. The van der Waals surface area contributed by atoms with Crippen LogP contribution in [0, 0.1) is 0 Å². The van der Waals surface area contributed by atoms with E-state index in [1.54, 1.807) is 43.6 Å². The summed E-state index contributed by atoms with van der Waals surface area (Å²) in [7, 11) is -1.39. The molecule has 0 aromatic carbocycles. The van der Waals surface area contributed by atoms with Crippen LogP contribution in [0.3, 0.4) is 0 Å². The molecule has 0 amide bonds. The minimum absolute atomic E-state index is 1.24. The van der Waals surface area contributed by atoms with Crippen molar-refractivity contribution in [3.63, 3.8) is 0 Å². The second-order valence-electron chi connectivity index (χ2n) is 14.3. The predicted molar refractivity (Wildman–Crippen MR) is 200 cm³/mol. The van der Waals surface area contributed by atoms with Gasteiger partial charge in [0, 0.05) is 0 Å². The third-order valence-electron chi connectivity index (χ3n) is 8.19. The Balaban J connectivity index is 2.05. The van der Waals surface area contributed by atoms with Crippen LogP contribution in [0.2, 0.25) is 34.5 Å². The van der Waals surface area contributed by atoms with Crippen molar-refractivity contribution in [3.05, 3.63) is 34.9 Å². The van der Waals surface area contributed by atoms with Gasteiger partial charge in [0.2, 0.25) is 0 Å². The van der Waals surface area contributed by atoms with E-state index in [9.17, 15) is 0 Å². The summed E-state index contributed by atoms with van der Waals surface area (Å²) < 4.78 is 3.51. The first-order chi connectivity index (χ1) is 19.5. The SMILES string of the molecule is CCCCCCc1cc(-c2s[c]([Sn]([CH3])([CH3])[CH3])cc2CCCCCC)sc1-c1cc(CCCCCC)c([Si](C)(C)C)s1. The molecule has 0 nitrogen and oxygen atoms in total. The molecule has 5 heteroatoms. The van der Waals surface area contributed by atoms with Crippen LogP contribution in [0.15, 0.2) is 18.2 Å². The van der Waals surface area contributed by atoms with Gasteiger partial charge in [0.1, 0.15) is 0 Å². The molecular weight excluding hydrogens is 675 g/mol. The Morgan fingerprint density at radius 3 is 1.46 bits per heavy atom. The van der Waals surface area contributed by atoms with Crippen molar-refractivity contribution in [2.75, 3.05) is 0 Å². The zero-order chi connectivity index (χ0) is 30.0. The van der Waals surface area contributed by atoms with Crippen molar-refractivity contribution in [2.24, 2.45) is 0 Å². The summed E-state index contributed by atoms with van der Waals surface area (Å²) in [5.41, 5.74) is 4.97. The van der Waals surface area contributed by atoms with Crippen LogP contribution >= 0.6 is 34.0 Å². The van der Waals surface area contributed by atoms with E-state index in [0.29, 0.717) is 0 Å². The van der Waals surface area contributed by atoms with Crippen molar-refractivity contribution in [2.45, 2.75) is 152 Å². The monoisotopic (exact) mass is 736 g/mol. The first-order valence-electron chi connectivity index (χ1n) is 16.9. The van der Waals surface area contributed by atoms with Gasteiger partial charge < -0.3 is 0 Å². The van der Waals surface area contributed by atoms with Gasteiger partial charge in [-0.15, -0.1) is 0 Å². The molecule has 3 rings (SSSR count). The zero-order valence-corrected chi connectivity index (χ0v) is 34.4. The molecule has 0 atom stereocenters. The number of unbranched alkanes of at least 4 members (excludes halogenated alkanes) is 9. The summed E-state index contributed by atoms with van der Waals surface area (Å²) in [5.74, 6) is 0. The zero-order valence-electron chi connectivity index (χ0n) is 28.1. The Morgan fingerprint density at radius 1 is 0.537 bits per heavy atom. The van der Waals surface area contributed by atoms with Gasteiger partial charge in [0.15, 0.2) is 0 Å². The fourth-order valence-corrected chi connectivity index (χ4v) is 17.4. The molecule has 0 bridgehead atoms. The molecule has 0 fully saturated rings. The second-order valence-corrected chi connectivity index (χ2v) is 38.3. The van der Waals surface area contributed by atoms with E-state index in [4.69, 9.17) is 0 Å². The van der Waals surface area contributed by atoms with Crippen LogP contribution in [0.5, 0.6) is 0 Å². The molecule has 0 unspecified atom stereocenters. The topological polar surface area (TPSA) is 0 Å². The van der Waals surface area contributed by atoms with Crippen molar-refractivity contribution in [1.82, 2.24) is 0 Å². The fourth-order valence-electron chi connectivity index (χ4n) is 5.72. The van der Waals surface area contributed by atoms with Crippen LogP contribution in [0.25, 0.3) is 19.5 Å². The van der Waals surface area contributed by atoms with Crippen molar-refractivity contribution >= 4 is 67.9 Å². The predicted octanol–water partition coefficient (Wildman–Crippen LogP) is 12.7. The number of thiophene rings is 3. The minimum atomic E-state index is -2.14. The van der Waals surface area contributed by atoms with Crippen LogP contribution in [-0.4, -0.2) is 26.5 Å². The Labute approximate surface area is 271 Å². The van der Waals surface area contributed by atoms with Crippen LogP contribution in [0.4, 0.5) is 0 Å². The van der Waals surface area contributed by atoms with Gasteiger partial charge in [-0.05, 0) is 0 Å². The molecule has 0 saturated carbocycles. The molecule has 0 aliphatic rings. The Bertz CT molecular complexity index is 1180. The van der Waals surface area contributed by atoms with Gasteiger partial charge in [-0.2, -0.15) is 0 Å². The first kappa shape index (κ1) is 35.6. The summed E-state index contributed by atoms with van der Waals surface area (Å²) in [6, 6.07) is 7.95. The molecule has 3 heterocycles. The molecule has 0 N–H and O–H groups in total. The molecular formula is C36H60S3SiSn. The number of aryl methyl sites for hydroxylation is 3. The van der Waals surface area contributed by atoms with Gasteiger partial charge in [0.05, 0.1) is 0 Å². The van der Waals surface area contributed by atoms with Gasteiger partial charge in [-0.25, -0.2) is 0 Å². The Hall–Kier alpha value is 0.116. The van der Waals surface area contributed by atoms with Gasteiger partial charge in [0.25, 0.3) is 0 Å². The van der Waals surface area contributed by atoms with Gasteiger partial charge >= 0.3 is 254 Å². The molecule has 41 heavy (non-hydrogen) atoms. The normalized spacial score (nSPS) is 12.5. The molecule has 0 spiro atoms. The van der Waals surface area contributed by atoms with Crippen LogP contribution in [0.1, 0.15) is 115 Å². The summed E-state index contributed by atoms with van der Waals surface area (Å²) in [5, 5.41) is 0. The molecule has 0 radical (unpaired) electrons. The van der Waals surface area contributed by atoms with Gasteiger partial charge in [-0.1, -0.05) is 19.8 Å². The molecule has 230 valence electrons. The maximum absolute atomic E-state index is 2.66. The van der Waals surface area contributed by atoms with Gasteiger partial charge in [-0.3, -0.25) is 0 Å². The van der Waals surface area contributed by atoms with E-state index in [2.05, 4.69) is 107 Å². The second kappa shape index (κ2) is 17.0. The van der Waals surface area contributed by atoms with E-state index in [0.717, 1.165) is 0 Å². The van der Waals surface area contributed by atoms with Crippen LogP contribution in [-0.2, 0) is 19.3 Å². The number of rotatable bonds is 19. The quantitative estimate of drug-likeness (QED) is 0.0849. The van der Waals surface area contributed by atoms with E-state index in [1.165, 1.54) is 96.3 Å². The fraction of sp³-hybridized carbons (Fsp3) is 0.667. The van der Waals surface area contributed by atoms with Crippen molar-refractivity contribution in [1.29, 1.82) is 0 Å². The third kappa shape index (κ3) is 10.6. The Kier molecular flexibility index (Phi) is 14.7. The summed E-state index contributed by atoms with van der Waals surface area (Å²) in [4.78, 5) is 14.1. The van der Waals surface area contributed by atoms with E-state index >= 15 is 0 Å². The molecule has 0 aliphatic heterocycles. The average molecular weight is 736 g/mol. The summed E-state index contributed by atoms with van der Waals surface area (Å²) in [6.07, 6.45) is 19.9. The summed E-state index contributed by atoms with van der Waals surface area (Å²) >= 11 is 4.34. The molecule has 0 saturated heterocycles. The van der Waals surface area contributed by atoms with E-state index in [-0.39, 0.29) is 0 Å². The van der Waals surface area contributed by atoms with Crippen molar-refractivity contribution < 1.29 is 0 Å². The molecule has 0 aliphatic carbocycles. The van der Waals surface area contributed by atoms with E-state index in [1.807, 2.05) is 0 Å². The molecule has 3 aromatic heterocycles. The average Bonchev–Trinajstić information content (AvgIpc) is 3.63.